The van der Waals surface area contributed by atoms with Crippen molar-refractivity contribution in [3.05, 3.63) is 64.4 Å². The molecule has 1 aromatic carbocycles. The average Bonchev–Trinajstić information content (AvgIpc) is 3.26. The summed E-state index contributed by atoms with van der Waals surface area (Å²) in [5.74, 6) is -0.556. The molecule has 0 aliphatic carbocycles. The Balaban J connectivity index is 1.66. The van der Waals surface area contributed by atoms with Gasteiger partial charge in [-0.3, -0.25) is 4.79 Å². The Bertz CT molecular complexity index is 938. The molecule has 134 valence electrons. The topological polar surface area (TPSA) is 61.2 Å². The number of ketones is 1. The Hall–Kier alpha value is -2.73. The van der Waals surface area contributed by atoms with Gasteiger partial charge in [-0.05, 0) is 25.0 Å². The first-order valence-corrected chi connectivity index (χ1v) is 9.24. The molecule has 5 nitrogen and oxygen atoms in total. The van der Waals surface area contributed by atoms with Crippen LogP contribution in [0.1, 0.15) is 46.0 Å². The van der Waals surface area contributed by atoms with Gasteiger partial charge in [-0.1, -0.05) is 31.2 Å². The van der Waals surface area contributed by atoms with E-state index in [1.54, 1.807) is 23.9 Å². The number of carbonyl (C=O) groups is 2. The van der Waals surface area contributed by atoms with Crippen LogP contribution in [0, 0.1) is 0 Å². The van der Waals surface area contributed by atoms with E-state index in [-0.39, 0.29) is 12.4 Å². The molecule has 0 atom stereocenters. The van der Waals surface area contributed by atoms with Gasteiger partial charge in [0.15, 0.2) is 5.78 Å². The molecule has 3 aromatic rings. The van der Waals surface area contributed by atoms with Crippen LogP contribution in [0.5, 0.6) is 0 Å². The predicted molar refractivity (Wildman–Crippen MR) is 101 cm³/mol. The van der Waals surface area contributed by atoms with E-state index in [0.717, 1.165) is 17.0 Å². The number of carbonyl (C=O) groups excluding carboxylic acids is 2. The maximum absolute atomic E-state index is 12.2. The van der Waals surface area contributed by atoms with Crippen LogP contribution in [0.3, 0.4) is 0 Å². The highest BCUT2D eigenvalue weighted by Gasteiger charge is 2.16. The van der Waals surface area contributed by atoms with Gasteiger partial charge in [0, 0.05) is 29.8 Å². The lowest BCUT2D eigenvalue weighted by molar-refractivity contribution is 0.0457. The van der Waals surface area contributed by atoms with Crippen LogP contribution in [0.15, 0.2) is 41.9 Å². The molecule has 0 aliphatic rings. The Kier molecular flexibility index (Phi) is 5.32. The summed E-state index contributed by atoms with van der Waals surface area (Å²) in [5.41, 5.74) is 3.89. The van der Waals surface area contributed by atoms with Crippen molar-refractivity contribution in [3.8, 4) is 10.6 Å². The highest BCUT2D eigenvalue weighted by Crippen LogP contribution is 2.24. The molecule has 3 rings (SSSR count). The first kappa shape index (κ1) is 18.1. The Morgan fingerprint density at radius 2 is 1.96 bits per heavy atom. The number of aromatic nitrogens is 2. The monoisotopic (exact) mass is 368 g/mol. The lowest BCUT2D eigenvalue weighted by atomic mass is 10.1. The van der Waals surface area contributed by atoms with Crippen molar-refractivity contribution in [3.63, 3.8) is 0 Å². The third-order valence-electron chi connectivity index (χ3n) is 4.13. The normalized spacial score (nSPS) is 10.7. The van der Waals surface area contributed by atoms with Crippen molar-refractivity contribution < 1.29 is 14.3 Å². The third kappa shape index (κ3) is 3.91. The standard InChI is InChI=1S/C20H20N2O3S/c1-4-14-5-7-15(8-6-14)19-21-17(12-26-19)11-25-20(24)18-9-16(13(2)23)10-22(18)3/h5-10,12H,4,11H2,1-3H3. The van der Waals surface area contributed by atoms with Gasteiger partial charge in [0.2, 0.25) is 0 Å². The molecule has 2 aromatic heterocycles. The molecule has 6 heteroatoms. The molecule has 0 aliphatic heterocycles. The van der Waals surface area contributed by atoms with Crippen molar-refractivity contribution in [2.24, 2.45) is 7.05 Å². The molecule has 0 fully saturated rings. The number of aryl methyl sites for hydroxylation is 2. The van der Waals surface area contributed by atoms with E-state index >= 15 is 0 Å². The first-order chi connectivity index (χ1) is 12.5. The molecule has 26 heavy (non-hydrogen) atoms. The van der Waals surface area contributed by atoms with Gasteiger partial charge in [-0.2, -0.15) is 0 Å². The number of thiazole rings is 1. The Labute approximate surface area is 156 Å². The number of ether oxygens (including phenoxy) is 1. The number of esters is 1. The van der Waals surface area contributed by atoms with Gasteiger partial charge in [0.25, 0.3) is 0 Å². The fraction of sp³-hybridized carbons (Fsp3) is 0.250. The number of Topliss-reactive ketones (excluding diaryl/α,β-unsaturated/α-hetero) is 1. The summed E-state index contributed by atoms with van der Waals surface area (Å²) in [6.45, 7) is 3.69. The van der Waals surface area contributed by atoms with Gasteiger partial charge in [-0.15, -0.1) is 11.3 Å². The summed E-state index contributed by atoms with van der Waals surface area (Å²) in [7, 11) is 1.71. The van der Waals surface area contributed by atoms with Crippen LogP contribution in [-0.2, 0) is 24.8 Å². The number of hydrogen-bond donors (Lipinski definition) is 0. The lowest BCUT2D eigenvalue weighted by Crippen LogP contribution is -2.09. The molecule has 0 spiro atoms. The smallest absolute Gasteiger partial charge is 0.355 e. The van der Waals surface area contributed by atoms with Crippen molar-refractivity contribution in [2.75, 3.05) is 0 Å². The maximum atomic E-state index is 12.2. The SMILES string of the molecule is CCc1ccc(-c2nc(COC(=O)c3cc(C(C)=O)cn3C)cs2)cc1. The van der Waals surface area contributed by atoms with Crippen LogP contribution in [-0.4, -0.2) is 21.3 Å². The molecule has 0 radical (unpaired) electrons. The Morgan fingerprint density at radius 3 is 2.58 bits per heavy atom. The maximum Gasteiger partial charge on any atom is 0.355 e. The number of benzene rings is 1. The number of rotatable bonds is 6. The van der Waals surface area contributed by atoms with Gasteiger partial charge in [0.05, 0.1) is 5.69 Å². The number of nitrogens with zero attached hydrogens (tertiary/aromatic N) is 2. The van der Waals surface area contributed by atoms with Crippen LogP contribution in [0.25, 0.3) is 10.6 Å². The Morgan fingerprint density at radius 1 is 1.23 bits per heavy atom. The molecule has 0 N–H and O–H groups in total. The van der Waals surface area contributed by atoms with Crippen molar-refractivity contribution in [1.29, 1.82) is 0 Å². The third-order valence-corrected chi connectivity index (χ3v) is 5.07. The van der Waals surface area contributed by atoms with E-state index in [2.05, 4.69) is 36.2 Å². The van der Waals surface area contributed by atoms with Crippen LogP contribution < -0.4 is 0 Å². The van der Waals surface area contributed by atoms with Gasteiger partial charge >= 0.3 is 5.97 Å². The summed E-state index contributed by atoms with van der Waals surface area (Å²) >= 11 is 1.52. The highest BCUT2D eigenvalue weighted by atomic mass is 32.1. The van der Waals surface area contributed by atoms with E-state index in [0.29, 0.717) is 17.0 Å². The van der Waals surface area contributed by atoms with E-state index in [4.69, 9.17) is 4.74 Å². The van der Waals surface area contributed by atoms with E-state index in [1.807, 2.05) is 5.38 Å². The van der Waals surface area contributed by atoms with Crippen molar-refractivity contribution in [1.82, 2.24) is 9.55 Å². The second-order valence-electron chi connectivity index (χ2n) is 6.05. The fourth-order valence-corrected chi connectivity index (χ4v) is 3.37. The van der Waals surface area contributed by atoms with Gasteiger partial charge < -0.3 is 9.30 Å². The lowest BCUT2D eigenvalue weighted by Gasteiger charge is -2.03. The summed E-state index contributed by atoms with van der Waals surface area (Å²) in [6, 6.07) is 9.85. The molecule has 0 amide bonds. The molecular formula is C20H20N2O3S. The highest BCUT2D eigenvalue weighted by molar-refractivity contribution is 7.13. The molecule has 0 unspecified atom stereocenters. The summed E-state index contributed by atoms with van der Waals surface area (Å²) in [6.07, 6.45) is 2.63. The van der Waals surface area contributed by atoms with Gasteiger partial charge in [0.1, 0.15) is 17.3 Å². The minimum Gasteiger partial charge on any atom is -0.454 e. The molecule has 0 saturated heterocycles. The largest absolute Gasteiger partial charge is 0.454 e. The average molecular weight is 368 g/mol. The fourth-order valence-electron chi connectivity index (χ4n) is 2.56. The molecule has 2 heterocycles. The second kappa shape index (κ2) is 7.66. The summed E-state index contributed by atoms with van der Waals surface area (Å²) in [5, 5.41) is 2.79. The minimum atomic E-state index is -0.471. The van der Waals surface area contributed by atoms with Crippen LogP contribution in [0.4, 0.5) is 0 Å². The zero-order valence-corrected chi connectivity index (χ0v) is 15.8. The molecule has 0 saturated carbocycles. The first-order valence-electron chi connectivity index (χ1n) is 8.36. The second-order valence-corrected chi connectivity index (χ2v) is 6.91. The zero-order valence-electron chi connectivity index (χ0n) is 15.0. The van der Waals surface area contributed by atoms with E-state index < -0.39 is 5.97 Å². The van der Waals surface area contributed by atoms with Crippen molar-refractivity contribution in [2.45, 2.75) is 26.9 Å². The van der Waals surface area contributed by atoms with Crippen LogP contribution in [0.2, 0.25) is 0 Å². The summed E-state index contributed by atoms with van der Waals surface area (Å²) < 4.78 is 6.94. The summed E-state index contributed by atoms with van der Waals surface area (Å²) in [4.78, 5) is 28.2. The predicted octanol–water partition coefficient (Wildman–Crippen LogP) is 4.27. The molecule has 0 bridgehead atoms. The quantitative estimate of drug-likeness (QED) is 0.481. The number of hydrogen-bond acceptors (Lipinski definition) is 5. The van der Waals surface area contributed by atoms with Gasteiger partial charge in [-0.25, -0.2) is 9.78 Å². The molecular weight excluding hydrogens is 348 g/mol. The minimum absolute atomic E-state index is 0.0853. The van der Waals surface area contributed by atoms with E-state index in [1.165, 1.54) is 23.8 Å². The van der Waals surface area contributed by atoms with Crippen molar-refractivity contribution >= 4 is 23.1 Å². The zero-order chi connectivity index (χ0) is 18.7. The van der Waals surface area contributed by atoms with Crippen LogP contribution >= 0.6 is 11.3 Å². The van der Waals surface area contributed by atoms with E-state index in [9.17, 15) is 9.59 Å².